The Balaban J connectivity index is 3.44. The molecule has 0 aliphatic heterocycles. The molecule has 0 aromatic carbocycles. The minimum absolute atomic E-state index is 0.0448. The highest BCUT2D eigenvalue weighted by Crippen LogP contribution is 2.13. The lowest BCUT2D eigenvalue weighted by atomic mass is 10.0. The molecule has 9 heteroatoms. The van der Waals surface area contributed by atoms with E-state index in [4.69, 9.17) is 0 Å². The molecule has 8 nitrogen and oxygen atoms in total. The Morgan fingerprint density at radius 2 is 1.12 bits per heavy atom. The average molecular weight is 487 g/mol. The minimum Gasteiger partial charge on any atom is -0.300 e. The van der Waals surface area contributed by atoms with Crippen molar-refractivity contribution in [3.05, 3.63) is 0 Å². The smallest absolute Gasteiger partial charge is 0.234 e. The summed E-state index contributed by atoms with van der Waals surface area (Å²) in [5.41, 5.74) is 1.05. The monoisotopic (exact) mass is 486 g/mol. The first-order valence-electron chi connectivity index (χ1n) is 12.6. The second-order valence-corrected chi connectivity index (χ2v) is 10.7. The molecule has 0 spiro atoms. The standard InChI is InChI=1S/C24H46N4O4S/c1-22(26-28-25-3)18-15-13-11-9-7-5-4-6-8-10-12-14-16-20-24(30)27-33(31,32)21-17-19-23(2)29/h4-21H2,1-3H3,(H,27,30)/b26-22+,28-25?. The molecule has 1 amide bonds. The van der Waals surface area contributed by atoms with E-state index in [0.717, 1.165) is 25.0 Å². The van der Waals surface area contributed by atoms with Gasteiger partial charge in [-0.2, -0.15) is 5.11 Å². The van der Waals surface area contributed by atoms with E-state index in [2.05, 4.69) is 20.2 Å². The fraction of sp³-hybridized carbons (Fsp3) is 0.875. The molecule has 0 rings (SSSR count). The van der Waals surface area contributed by atoms with Crippen LogP contribution in [0.15, 0.2) is 15.4 Å². The van der Waals surface area contributed by atoms with Crippen molar-refractivity contribution in [1.29, 1.82) is 0 Å². The number of unbranched alkanes of at least 4 members (excludes halogenated alkanes) is 12. The Labute approximate surface area is 201 Å². The molecule has 0 unspecified atom stereocenters. The second-order valence-electron chi connectivity index (χ2n) is 8.87. The van der Waals surface area contributed by atoms with Crippen LogP contribution in [-0.2, 0) is 19.6 Å². The molecule has 0 aromatic rings. The number of amides is 1. The van der Waals surface area contributed by atoms with Crippen LogP contribution in [0.4, 0.5) is 0 Å². The molecule has 0 aromatic heterocycles. The van der Waals surface area contributed by atoms with Crippen LogP contribution in [0.25, 0.3) is 0 Å². The fourth-order valence-electron chi connectivity index (χ4n) is 3.57. The van der Waals surface area contributed by atoms with Crippen molar-refractivity contribution < 1.29 is 18.0 Å². The molecule has 0 radical (unpaired) electrons. The number of nitrogens with one attached hydrogen (secondary N) is 1. The van der Waals surface area contributed by atoms with Crippen molar-refractivity contribution in [3.8, 4) is 0 Å². The van der Waals surface area contributed by atoms with Crippen LogP contribution in [0.1, 0.15) is 123 Å². The predicted octanol–water partition coefficient (Wildman–Crippen LogP) is 6.11. The Morgan fingerprint density at radius 1 is 0.667 bits per heavy atom. The molecule has 0 saturated carbocycles. The summed E-state index contributed by atoms with van der Waals surface area (Å²) in [5, 5.41) is 11.3. The quantitative estimate of drug-likeness (QED) is 0.0859. The Morgan fingerprint density at radius 3 is 1.58 bits per heavy atom. The lowest BCUT2D eigenvalue weighted by Crippen LogP contribution is -2.32. The first kappa shape index (κ1) is 31.4. The maximum absolute atomic E-state index is 11.8. The van der Waals surface area contributed by atoms with E-state index in [9.17, 15) is 18.0 Å². The van der Waals surface area contributed by atoms with Crippen molar-refractivity contribution in [2.24, 2.45) is 15.4 Å². The van der Waals surface area contributed by atoms with E-state index in [1.165, 1.54) is 71.1 Å². The number of ketones is 1. The highest BCUT2D eigenvalue weighted by molar-refractivity contribution is 7.90. The van der Waals surface area contributed by atoms with Gasteiger partial charge in [0, 0.05) is 18.6 Å². The van der Waals surface area contributed by atoms with E-state index in [1.54, 1.807) is 7.05 Å². The number of rotatable bonds is 22. The molecular weight excluding hydrogens is 440 g/mol. The minimum atomic E-state index is -3.62. The van der Waals surface area contributed by atoms with Gasteiger partial charge in [0.2, 0.25) is 15.9 Å². The third-order valence-corrected chi connectivity index (χ3v) is 6.82. The first-order valence-corrected chi connectivity index (χ1v) is 14.3. The van der Waals surface area contributed by atoms with Crippen LogP contribution < -0.4 is 4.72 Å². The Bertz CT molecular complexity index is 691. The lowest BCUT2D eigenvalue weighted by molar-refractivity contribution is -0.119. The SMILES string of the molecule is CN=N/N=C(\C)CCCCCCCCCCCCCCCC(=O)NS(=O)(=O)CCCC(C)=O. The predicted molar refractivity (Wildman–Crippen MR) is 135 cm³/mol. The number of sulfonamides is 1. The summed E-state index contributed by atoms with van der Waals surface area (Å²) in [6, 6.07) is 0. The summed E-state index contributed by atoms with van der Waals surface area (Å²) in [6.07, 6.45) is 17.0. The molecule has 1 N–H and O–H groups in total. The molecule has 192 valence electrons. The van der Waals surface area contributed by atoms with E-state index in [0.29, 0.717) is 6.42 Å². The molecule has 0 saturated heterocycles. The summed E-state index contributed by atoms with van der Waals surface area (Å²) < 4.78 is 25.6. The molecule has 0 heterocycles. The van der Waals surface area contributed by atoms with E-state index < -0.39 is 15.9 Å². The number of hydrogen-bond donors (Lipinski definition) is 1. The van der Waals surface area contributed by atoms with E-state index >= 15 is 0 Å². The molecule has 0 aliphatic rings. The van der Waals surface area contributed by atoms with Crippen LogP contribution >= 0.6 is 0 Å². The van der Waals surface area contributed by atoms with Gasteiger partial charge in [0.1, 0.15) is 5.78 Å². The van der Waals surface area contributed by atoms with Crippen molar-refractivity contribution >= 4 is 27.4 Å². The summed E-state index contributed by atoms with van der Waals surface area (Å²) >= 11 is 0. The lowest BCUT2D eigenvalue weighted by Gasteiger charge is -2.06. The second kappa shape index (κ2) is 20.9. The highest BCUT2D eigenvalue weighted by Gasteiger charge is 2.14. The number of carbonyl (C=O) groups is 2. The molecule has 33 heavy (non-hydrogen) atoms. The largest absolute Gasteiger partial charge is 0.300 e. The number of nitrogens with zero attached hydrogens (tertiary/aromatic N) is 3. The molecular formula is C24H46N4O4S. The van der Waals surface area contributed by atoms with Crippen LogP contribution in [0.5, 0.6) is 0 Å². The first-order chi connectivity index (χ1) is 15.8. The van der Waals surface area contributed by atoms with Gasteiger partial charge in [-0.15, -0.1) is 5.10 Å². The zero-order chi connectivity index (χ0) is 24.8. The highest BCUT2D eigenvalue weighted by atomic mass is 32.2. The molecule has 0 fully saturated rings. The van der Waals surface area contributed by atoms with Crippen LogP contribution in [-0.4, -0.2) is 38.6 Å². The van der Waals surface area contributed by atoms with Crippen molar-refractivity contribution in [3.63, 3.8) is 0 Å². The molecule has 0 bridgehead atoms. The third kappa shape index (κ3) is 23.3. The van der Waals surface area contributed by atoms with Crippen molar-refractivity contribution in [2.75, 3.05) is 12.8 Å². The number of Topliss-reactive ketones (excluding diaryl/α,β-unsaturated/α-hetero) is 1. The van der Waals surface area contributed by atoms with E-state index in [-0.39, 0.29) is 30.8 Å². The van der Waals surface area contributed by atoms with Crippen LogP contribution in [0.2, 0.25) is 0 Å². The van der Waals surface area contributed by atoms with Gasteiger partial charge in [-0.25, -0.2) is 8.42 Å². The fourth-order valence-corrected chi connectivity index (χ4v) is 4.64. The third-order valence-electron chi connectivity index (χ3n) is 5.46. The van der Waals surface area contributed by atoms with Crippen LogP contribution in [0, 0.1) is 0 Å². The Hall–Kier alpha value is -1.64. The summed E-state index contributed by atoms with van der Waals surface area (Å²) in [4.78, 5) is 22.6. The summed E-state index contributed by atoms with van der Waals surface area (Å²) in [5.74, 6) is -0.666. The van der Waals surface area contributed by atoms with Gasteiger partial charge in [0.25, 0.3) is 0 Å². The van der Waals surface area contributed by atoms with Gasteiger partial charge in [0.15, 0.2) is 0 Å². The normalized spacial score (nSPS) is 12.4. The van der Waals surface area contributed by atoms with Crippen LogP contribution in [0.3, 0.4) is 0 Å². The summed E-state index contributed by atoms with van der Waals surface area (Å²) in [6.45, 7) is 3.43. The maximum atomic E-state index is 11.8. The van der Waals surface area contributed by atoms with Gasteiger partial charge in [-0.3, -0.25) is 9.52 Å². The van der Waals surface area contributed by atoms with Gasteiger partial charge in [-0.1, -0.05) is 75.9 Å². The zero-order valence-electron chi connectivity index (χ0n) is 21.1. The molecule has 0 aliphatic carbocycles. The average Bonchev–Trinajstić information content (AvgIpc) is 2.74. The van der Waals surface area contributed by atoms with Gasteiger partial charge < -0.3 is 4.79 Å². The van der Waals surface area contributed by atoms with Gasteiger partial charge in [-0.05, 0) is 39.5 Å². The number of hydrogen-bond acceptors (Lipinski definition) is 6. The number of carbonyl (C=O) groups excluding carboxylic acids is 2. The zero-order valence-corrected chi connectivity index (χ0v) is 21.9. The topological polar surface area (TPSA) is 117 Å². The van der Waals surface area contributed by atoms with Crippen molar-refractivity contribution in [1.82, 2.24) is 4.72 Å². The summed E-state index contributed by atoms with van der Waals surface area (Å²) in [7, 11) is -1.99. The maximum Gasteiger partial charge on any atom is 0.234 e. The molecule has 0 atom stereocenters. The van der Waals surface area contributed by atoms with E-state index in [1.807, 2.05) is 6.92 Å². The Kier molecular flexibility index (Phi) is 19.9. The van der Waals surface area contributed by atoms with Gasteiger partial charge >= 0.3 is 0 Å². The van der Waals surface area contributed by atoms with Crippen molar-refractivity contribution in [2.45, 2.75) is 123 Å². The van der Waals surface area contributed by atoms with Gasteiger partial charge in [0.05, 0.1) is 12.8 Å².